The summed E-state index contributed by atoms with van der Waals surface area (Å²) in [5, 5.41) is 0. The van der Waals surface area contributed by atoms with Crippen LogP contribution in [0.25, 0.3) is 0 Å². The lowest BCUT2D eigenvalue weighted by Crippen LogP contribution is -2.30. The number of sulfonamides is 1. The summed E-state index contributed by atoms with van der Waals surface area (Å²) in [6.45, 7) is 5.02. The molecule has 0 atom stereocenters. The van der Waals surface area contributed by atoms with E-state index in [9.17, 15) is 8.42 Å². The Balaban J connectivity index is 2.09. The molecule has 1 fully saturated rings. The lowest BCUT2D eigenvalue weighted by molar-refractivity contribution is 0.449. The van der Waals surface area contributed by atoms with Gasteiger partial charge >= 0.3 is 0 Å². The number of hydrogen-bond donors (Lipinski definition) is 2. The minimum atomic E-state index is -3.41. The van der Waals surface area contributed by atoms with Crippen LogP contribution in [-0.2, 0) is 16.6 Å². The number of rotatable bonds is 7. The largest absolute Gasteiger partial charge is 0.326 e. The molecule has 2 rings (SSSR count). The average molecular weight is 296 g/mol. The maximum Gasteiger partial charge on any atom is 0.240 e. The predicted octanol–water partition coefficient (Wildman–Crippen LogP) is 2.31. The van der Waals surface area contributed by atoms with E-state index in [4.69, 9.17) is 5.73 Å². The maximum absolute atomic E-state index is 12.3. The lowest BCUT2D eigenvalue weighted by Gasteiger charge is -2.15. The molecule has 0 amide bonds. The fraction of sp³-hybridized carbons (Fsp3) is 0.600. The summed E-state index contributed by atoms with van der Waals surface area (Å²) in [5.41, 5.74) is 7.72. The molecule has 3 N–H and O–H groups in total. The summed E-state index contributed by atoms with van der Waals surface area (Å²) >= 11 is 0. The predicted molar refractivity (Wildman–Crippen MR) is 80.8 cm³/mol. The number of benzene rings is 1. The van der Waals surface area contributed by atoms with Crippen LogP contribution in [0.15, 0.2) is 23.1 Å². The minimum absolute atomic E-state index is 0.216. The van der Waals surface area contributed by atoms with Gasteiger partial charge in [-0.25, -0.2) is 13.1 Å². The summed E-state index contributed by atoms with van der Waals surface area (Å²) < 4.78 is 27.4. The van der Waals surface area contributed by atoms with Crippen LogP contribution in [0, 0.1) is 12.3 Å². The number of nitrogens with two attached hydrogens (primary N) is 1. The van der Waals surface area contributed by atoms with Crippen LogP contribution in [0.2, 0.25) is 0 Å². The molecule has 1 aromatic carbocycles. The molecule has 112 valence electrons. The molecule has 4 nitrogen and oxygen atoms in total. The summed E-state index contributed by atoms with van der Waals surface area (Å²) in [4.78, 5) is 0.333. The third-order valence-electron chi connectivity index (χ3n) is 4.22. The van der Waals surface area contributed by atoms with Crippen LogP contribution in [0.3, 0.4) is 0 Å². The quantitative estimate of drug-likeness (QED) is 0.811. The number of nitrogens with one attached hydrogen (secondary N) is 1. The zero-order chi connectivity index (χ0) is 14.8. The van der Waals surface area contributed by atoms with E-state index >= 15 is 0 Å². The van der Waals surface area contributed by atoms with Gasteiger partial charge in [-0.15, -0.1) is 0 Å². The van der Waals surface area contributed by atoms with E-state index in [0.29, 0.717) is 18.0 Å². The van der Waals surface area contributed by atoms with Crippen molar-refractivity contribution in [3.05, 3.63) is 29.3 Å². The highest BCUT2D eigenvalue weighted by Gasteiger charge is 2.42. The molecular formula is C15H24N2O2S. The van der Waals surface area contributed by atoms with E-state index in [1.54, 1.807) is 18.2 Å². The van der Waals surface area contributed by atoms with Crippen LogP contribution >= 0.6 is 0 Å². The molecule has 1 saturated carbocycles. The van der Waals surface area contributed by atoms with Gasteiger partial charge in [0, 0.05) is 13.1 Å². The zero-order valence-corrected chi connectivity index (χ0v) is 13.1. The molecule has 0 heterocycles. The highest BCUT2D eigenvalue weighted by Crippen LogP contribution is 2.49. The monoisotopic (exact) mass is 296 g/mol. The van der Waals surface area contributed by atoms with Gasteiger partial charge in [-0.2, -0.15) is 0 Å². The van der Waals surface area contributed by atoms with E-state index in [1.165, 1.54) is 0 Å². The fourth-order valence-electron chi connectivity index (χ4n) is 2.62. The van der Waals surface area contributed by atoms with Crippen molar-refractivity contribution in [2.45, 2.75) is 51.0 Å². The Bertz CT molecular complexity index is 578. The number of aryl methyl sites for hydroxylation is 1. The molecule has 0 bridgehead atoms. The molecule has 0 aromatic heterocycles. The van der Waals surface area contributed by atoms with Crippen molar-refractivity contribution in [1.82, 2.24) is 4.72 Å². The van der Waals surface area contributed by atoms with Crippen molar-refractivity contribution >= 4 is 10.0 Å². The van der Waals surface area contributed by atoms with Gasteiger partial charge in [0.2, 0.25) is 10.0 Å². The molecule has 0 saturated heterocycles. The first-order chi connectivity index (χ1) is 9.42. The Morgan fingerprint density at radius 3 is 2.55 bits per heavy atom. The van der Waals surface area contributed by atoms with Crippen molar-refractivity contribution in [3.63, 3.8) is 0 Å². The van der Waals surface area contributed by atoms with Gasteiger partial charge in [-0.1, -0.05) is 19.4 Å². The summed E-state index contributed by atoms with van der Waals surface area (Å²) in [6, 6.07) is 5.13. The van der Waals surface area contributed by atoms with Crippen LogP contribution in [0.4, 0.5) is 0 Å². The molecule has 0 radical (unpaired) electrons. The van der Waals surface area contributed by atoms with Crippen molar-refractivity contribution in [3.8, 4) is 0 Å². The van der Waals surface area contributed by atoms with Crippen LogP contribution in [0.5, 0.6) is 0 Å². The topological polar surface area (TPSA) is 72.2 Å². The highest BCUT2D eigenvalue weighted by atomic mass is 32.2. The van der Waals surface area contributed by atoms with Crippen LogP contribution < -0.4 is 10.5 Å². The lowest BCUT2D eigenvalue weighted by atomic mass is 10.0. The van der Waals surface area contributed by atoms with Gasteiger partial charge in [-0.3, -0.25) is 0 Å². The molecule has 0 spiro atoms. The summed E-state index contributed by atoms with van der Waals surface area (Å²) in [6.07, 6.45) is 4.47. The van der Waals surface area contributed by atoms with E-state index in [1.807, 2.05) is 6.92 Å². The minimum Gasteiger partial charge on any atom is -0.326 e. The van der Waals surface area contributed by atoms with E-state index < -0.39 is 10.0 Å². The third kappa shape index (κ3) is 3.40. The first kappa shape index (κ1) is 15.5. The normalized spacial score (nSPS) is 17.1. The van der Waals surface area contributed by atoms with Crippen molar-refractivity contribution in [2.24, 2.45) is 11.1 Å². The molecule has 5 heteroatoms. The summed E-state index contributed by atoms with van der Waals surface area (Å²) in [7, 11) is -3.41. The van der Waals surface area contributed by atoms with E-state index in [-0.39, 0.29) is 5.41 Å². The van der Waals surface area contributed by atoms with E-state index in [0.717, 1.165) is 36.8 Å². The second-order valence-electron chi connectivity index (χ2n) is 5.87. The molecular weight excluding hydrogens is 272 g/mol. The van der Waals surface area contributed by atoms with Crippen molar-refractivity contribution < 1.29 is 8.42 Å². The molecule has 1 aliphatic carbocycles. The molecule has 0 unspecified atom stereocenters. The van der Waals surface area contributed by atoms with Crippen molar-refractivity contribution in [1.29, 1.82) is 0 Å². The third-order valence-corrected chi connectivity index (χ3v) is 5.62. The zero-order valence-electron chi connectivity index (χ0n) is 12.3. The van der Waals surface area contributed by atoms with Crippen LogP contribution in [0.1, 0.15) is 43.7 Å². The Morgan fingerprint density at radius 2 is 2.05 bits per heavy atom. The van der Waals surface area contributed by atoms with E-state index in [2.05, 4.69) is 11.6 Å². The Kier molecular flexibility index (Phi) is 4.52. The van der Waals surface area contributed by atoms with Crippen LogP contribution in [-0.4, -0.2) is 15.0 Å². The Labute approximate surface area is 121 Å². The Hall–Kier alpha value is -0.910. The summed E-state index contributed by atoms with van der Waals surface area (Å²) in [5.74, 6) is 0. The molecule has 1 aliphatic rings. The van der Waals surface area contributed by atoms with Gasteiger partial charge in [0.05, 0.1) is 4.90 Å². The smallest absolute Gasteiger partial charge is 0.240 e. The molecule has 20 heavy (non-hydrogen) atoms. The first-order valence-electron chi connectivity index (χ1n) is 7.22. The maximum atomic E-state index is 12.3. The van der Waals surface area contributed by atoms with Gasteiger partial charge < -0.3 is 5.73 Å². The van der Waals surface area contributed by atoms with Gasteiger partial charge in [0.1, 0.15) is 0 Å². The second kappa shape index (κ2) is 5.84. The molecule has 1 aromatic rings. The standard InChI is InChI=1S/C15H24N2O2S/c1-3-6-15(7-8-15)11-17-20(18,19)14-5-4-13(10-16)12(2)9-14/h4-5,9,17H,3,6-8,10-11,16H2,1-2H3. The molecule has 0 aliphatic heterocycles. The second-order valence-corrected chi connectivity index (χ2v) is 7.63. The Morgan fingerprint density at radius 1 is 1.35 bits per heavy atom. The fourth-order valence-corrected chi connectivity index (χ4v) is 3.86. The first-order valence-corrected chi connectivity index (χ1v) is 8.70. The van der Waals surface area contributed by atoms with Gasteiger partial charge in [0.15, 0.2) is 0 Å². The SMILES string of the molecule is CCCC1(CNS(=O)(=O)c2ccc(CN)c(C)c2)CC1. The average Bonchev–Trinajstić information content (AvgIpc) is 3.17. The highest BCUT2D eigenvalue weighted by molar-refractivity contribution is 7.89. The number of hydrogen-bond acceptors (Lipinski definition) is 3. The van der Waals surface area contributed by atoms with Gasteiger partial charge in [0.25, 0.3) is 0 Å². The van der Waals surface area contributed by atoms with Crippen molar-refractivity contribution in [2.75, 3.05) is 6.54 Å². The van der Waals surface area contributed by atoms with Gasteiger partial charge in [-0.05, 0) is 54.9 Å².